The van der Waals surface area contributed by atoms with Crippen LogP contribution in [-0.2, 0) is 4.74 Å². The van der Waals surface area contributed by atoms with E-state index in [1.54, 1.807) is 0 Å². The van der Waals surface area contributed by atoms with Gasteiger partial charge in [0.25, 0.3) is 0 Å². The molecule has 0 aromatic heterocycles. The first-order chi connectivity index (χ1) is 11.2. The number of hydrogen-bond acceptors (Lipinski definition) is 4. The fraction of sp³-hybridized carbons (Fsp3) is 0.500. The molecule has 1 fully saturated rings. The Morgan fingerprint density at radius 1 is 1.39 bits per heavy atom. The summed E-state index contributed by atoms with van der Waals surface area (Å²) in [6.45, 7) is 7.38. The molecule has 0 saturated carbocycles. The highest BCUT2D eigenvalue weighted by Crippen LogP contribution is 2.12. The van der Waals surface area contributed by atoms with Crippen molar-refractivity contribution in [3.8, 4) is 0 Å². The summed E-state index contributed by atoms with van der Waals surface area (Å²) in [7, 11) is 0. The number of hydrazone groups is 1. The van der Waals surface area contributed by atoms with Crippen LogP contribution in [0, 0.1) is 0 Å². The molecule has 1 aromatic carbocycles. The van der Waals surface area contributed by atoms with Crippen LogP contribution in [0.2, 0.25) is 5.02 Å². The Hall–Kier alpha value is -1.21. The van der Waals surface area contributed by atoms with Gasteiger partial charge < -0.3 is 10.1 Å². The predicted molar refractivity (Wildman–Crippen MR) is 99.3 cm³/mol. The summed E-state index contributed by atoms with van der Waals surface area (Å²) in [5.41, 5.74) is 4.84. The van der Waals surface area contributed by atoms with Crippen molar-refractivity contribution in [3.63, 3.8) is 0 Å². The smallest absolute Gasteiger partial charge is 0.187 e. The molecular weight excluding hydrogens is 332 g/mol. The maximum Gasteiger partial charge on any atom is 0.187 e. The number of morpholine rings is 1. The van der Waals surface area contributed by atoms with Gasteiger partial charge in [0.05, 0.1) is 18.9 Å². The summed E-state index contributed by atoms with van der Waals surface area (Å²) in [5.74, 6) is 0. The zero-order chi connectivity index (χ0) is 16.5. The van der Waals surface area contributed by atoms with Gasteiger partial charge in [-0.15, -0.1) is 0 Å². The Bertz CT molecular complexity index is 547. The number of nitrogens with zero attached hydrogens (tertiary/aromatic N) is 2. The minimum Gasteiger partial charge on any atom is -0.379 e. The topological polar surface area (TPSA) is 48.9 Å². The maximum absolute atomic E-state index is 6.02. The Balaban J connectivity index is 1.77. The van der Waals surface area contributed by atoms with Gasteiger partial charge in [-0.05, 0) is 36.3 Å². The zero-order valence-electron chi connectivity index (χ0n) is 13.3. The molecule has 23 heavy (non-hydrogen) atoms. The van der Waals surface area contributed by atoms with E-state index in [9.17, 15) is 0 Å². The number of rotatable bonds is 6. The van der Waals surface area contributed by atoms with Gasteiger partial charge in [0.1, 0.15) is 0 Å². The zero-order valence-corrected chi connectivity index (χ0v) is 14.9. The van der Waals surface area contributed by atoms with Crippen LogP contribution in [0.4, 0.5) is 0 Å². The van der Waals surface area contributed by atoms with Crippen LogP contribution in [0.15, 0.2) is 29.4 Å². The standard InChI is InChI=1S/C16H23ClN4OS/c1-2-15(13-4-3-5-14(17)12-13)19-20-16(23)18-6-7-21-8-10-22-11-9-21/h3-5,12H,2,6-11H2,1H3,(H2,18,20,23)/b19-15+. The van der Waals surface area contributed by atoms with Crippen molar-refractivity contribution in [2.24, 2.45) is 5.10 Å². The molecule has 1 saturated heterocycles. The highest BCUT2D eigenvalue weighted by atomic mass is 35.5. The van der Waals surface area contributed by atoms with Crippen molar-refractivity contribution in [2.75, 3.05) is 39.4 Å². The van der Waals surface area contributed by atoms with Crippen LogP contribution in [0.3, 0.4) is 0 Å². The highest BCUT2D eigenvalue weighted by molar-refractivity contribution is 7.80. The van der Waals surface area contributed by atoms with Crippen molar-refractivity contribution >= 4 is 34.6 Å². The molecule has 0 radical (unpaired) electrons. The monoisotopic (exact) mass is 354 g/mol. The van der Waals surface area contributed by atoms with Crippen molar-refractivity contribution < 1.29 is 4.74 Å². The van der Waals surface area contributed by atoms with E-state index in [4.69, 9.17) is 28.6 Å². The van der Waals surface area contributed by atoms with Crippen LogP contribution in [-0.4, -0.2) is 55.1 Å². The van der Waals surface area contributed by atoms with E-state index in [2.05, 4.69) is 27.7 Å². The summed E-state index contributed by atoms with van der Waals surface area (Å²) < 4.78 is 5.33. The van der Waals surface area contributed by atoms with Gasteiger partial charge >= 0.3 is 0 Å². The molecule has 1 aromatic rings. The summed E-state index contributed by atoms with van der Waals surface area (Å²) >= 11 is 11.3. The summed E-state index contributed by atoms with van der Waals surface area (Å²) in [6.07, 6.45) is 0.795. The molecule has 1 aliphatic heterocycles. The van der Waals surface area contributed by atoms with Gasteiger partial charge in [0, 0.05) is 31.2 Å². The normalized spacial score (nSPS) is 16.2. The molecule has 0 aliphatic carbocycles. The Morgan fingerprint density at radius 2 is 2.17 bits per heavy atom. The van der Waals surface area contributed by atoms with E-state index in [0.29, 0.717) is 10.1 Å². The number of benzene rings is 1. The molecule has 2 N–H and O–H groups in total. The second-order valence-corrected chi connectivity index (χ2v) is 6.09. The van der Waals surface area contributed by atoms with Gasteiger partial charge in [-0.3, -0.25) is 10.3 Å². The molecule has 0 spiro atoms. The first-order valence-electron chi connectivity index (χ1n) is 7.85. The van der Waals surface area contributed by atoms with Gasteiger partial charge in [-0.2, -0.15) is 5.10 Å². The van der Waals surface area contributed by atoms with Crippen LogP contribution < -0.4 is 10.7 Å². The van der Waals surface area contributed by atoms with Gasteiger partial charge in [-0.25, -0.2) is 0 Å². The van der Waals surface area contributed by atoms with E-state index in [1.807, 2.05) is 24.3 Å². The number of nitrogens with one attached hydrogen (secondary N) is 2. The molecule has 0 amide bonds. The Labute approximate surface area is 148 Å². The molecule has 0 unspecified atom stereocenters. The number of ether oxygens (including phenoxy) is 1. The van der Waals surface area contributed by atoms with Crippen LogP contribution in [0.25, 0.3) is 0 Å². The third kappa shape index (κ3) is 6.43. The fourth-order valence-corrected chi connectivity index (χ4v) is 2.66. The largest absolute Gasteiger partial charge is 0.379 e. The maximum atomic E-state index is 6.02. The average molecular weight is 355 g/mol. The van der Waals surface area contributed by atoms with Gasteiger partial charge in [-0.1, -0.05) is 30.7 Å². The quantitative estimate of drug-likeness (QED) is 0.466. The molecule has 126 valence electrons. The van der Waals surface area contributed by atoms with Crippen LogP contribution >= 0.6 is 23.8 Å². The molecule has 0 atom stereocenters. The first-order valence-corrected chi connectivity index (χ1v) is 8.64. The first kappa shape index (κ1) is 18.1. The van der Waals surface area contributed by atoms with Gasteiger partial charge in [0.2, 0.25) is 0 Å². The molecule has 2 rings (SSSR count). The lowest BCUT2D eigenvalue weighted by Crippen LogP contribution is -2.43. The molecule has 7 heteroatoms. The van der Waals surface area contributed by atoms with Gasteiger partial charge in [0.15, 0.2) is 5.11 Å². The number of thiocarbonyl (C=S) groups is 1. The highest BCUT2D eigenvalue weighted by Gasteiger charge is 2.09. The van der Waals surface area contributed by atoms with E-state index >= 15 is 0 Å². The second-order valence-electron chi connectivity index (χ2n) is 5.24. The minimum atomic E-state index is 0.534. The predicted octanol–water partition coefficient (Wildman–Crippen LogP) is 2.25. The molecular formula is C16H23ClN4OS. The number of halogens is 1. The van der Waals surface area contributed by atoms with Crippen molar-refractivity contribution in [2.45, 2.75) is 13.3 Å². The van der Waals surface area contributed by atoms with Crippen LogP contribution in [0.1, 0.15) is 18.9 Å². The SMILES string of the molecule is CC/C(=N\NC(=S)NCCN1CCOCC1)c1cccc(Cl)c1. The molecule has 1 heterocycles. The Morgan fingerprint density at radius 3 is 2.87 bits per heavy atom. The van der Waals surface area contributed by atoms with Crippen molar-refractivity contribution in [3.05, 3.63) is 34.9 Å². The molecule has 0 bridgehead atoms. The third-order valence-electron chi connectivity index (χ3n) is 3.60. The van der Waals surface area contributed by atoms with E-state index < -0.39 is 0 Å². The summed E-state index contributed by atoms with van der Waals surface area (Å²) in [4.78, 5) is 2.35. The van der Waals surface area contributed by atoms with Crippen molar-refractivity contribution in [1.29, 1.82) is 0 Å². The van der Waals surface area contributed by atoms with E-state index in [0.717, 1.165) is 57.1 Å². The molecule has 5 nitrogen and oxygen atoms in total. The molecule has 1 aliphatic rings. The second kappa shape index (κ2) is 9.82. The summed E-state index contributed by atoms with van der Waals surface area (Å²) in [5, 5.41) is 8.80. The van der Waals surface area contributed by atoms with E-state index in [1.165, 1.54) is 0 Å². The lowest BCUT2D eigenvalue weighted by atomic mass is 10.1. The summed E-state index contributed by atoms with van der Waals surface area (Å²) in [6, 6.07) is 7.66. The van der Waals surface area contributed by atoms with E-state index in [-0.39, 0.29) is 0 Å². The lowest BCUT2D eigenvalue weighted by molar-refractivity contribution is 0.0389. The van der Waals surface area contributed by atoms with Crippen LogP contribution in [0.5, 0.6) is 0 Å². The minimum absolute atomic E-state index is 0.534. The fourth-order valence-electron chi connectivity index (χ4n) is 2.33. The third-order valence-corrected chi connectivity index (χ3v) is 4.07. The number of hydrogen-bond donors (Lipinski definition) is 2. The Kier molecular flexibility index (Phi) is 7.74. The average Bonchev–Trinajstić information content (AvgIpc) is 2.56. The lowest BCUT2D eigenvalue weighted by Gasteiger charge is -2.26. The van der Waals surface area contributed by atoms with Crippen molar-refractivity contribution in [1.82, 2.24) is 15.6 Å².